The monoisotopic (exact) mass is 342 g/mol. The first-order valence-electron chi connectivity index (χ1n) is 8.71. The van der Waals surface area contributed by atoms with E-state index in [0.29, 0.717) is 37.8 Å². The van der Waals surface area contributed by atoms with Gasteiger partial charge in [-0.3, -0.25) is 9.59 Å². The number of hydrogen-bond donors (Lipinski definition) is 2. The molecule has 0 saturated heterocycles. The molecule has 0 unspecified atom stereocenters. The summed E-state index contributed by atoms with van der Waals surface area (Å²) in [5, 5.41) is 5.74. The van der Waals surface area contributed by atoms with Crippen molar-refractivity contribution in [1.82, 2.24) is 10.6 Å². The maximum Gasteiger partial charge on any atom is 0.286 e. The Labute approximate surface area is 148 Å². The van der Waals surface area contributed by atoms with Crippen LogP contribution in [0.5, 0.6) is 0 Å². The normalized spacial score (nSPS) is 12.0. The van der Waals surface area contributed by atoms with Gasteiger partial charge in [0.05, 0.1) is 6.26 Å². The van der Waals surface area contributed by atoms with E-state index in [2.05, 4.69) is 36.6 Å². The van der Waals surface area contributed by atoms with Crippen molar-refractivity contribution in [3.8, 4) is 0 Å². The molecule has 1 aromatic carbocycles. The summed E-state index contributed by atoms with van der Waals surface area (Å²) >= 11 is 0. The molecule has 1 heterocycles. The molecule has 1 aromatic heterocycles. The second kappa shape index (κ2) is 9.67. The van der Waals surface area contributed by atoms with E-state index in [1.807, 2.05) is 18.2 Å². The molecular weight excluding hydrogens is 316 g/mol. The number of benzene rings is 1. The highest BCUT2D eigenvalue weighted by atomic mass is 16.3. The fourth-order valence-electron chi connectivity index (χ4n) is 2.70. The lowest BCUT2D eigenvalue weighted by Crippen LogP contribution is -2.31. The second-order valence-corrected chi connectivity index (χ2v) is 6.40. The van der Waals surface area contributed by atoms with Crippen LogP contribution in [0.1, 0.15) is 48.7 Å². The van der Waals surface area contributed by atoms with Crippen LogP contribution in [0.25, 0.3) is 0 Å². The molecule has 0 saturated carbocycles. The van der Waals surface area contributed by atoms with Crippen molar-refractivity contribution in [3.05, 3.63) is 60.1 Å². The van der Waals surface area contributed by atoms with E-state index < -0.39 is 0 Å². The van der Waals surface area contributed by atoms with Crippen LogP contribution in [-0.2, 0) is 4.79 Å². The first-order chi connectivity index (χ1) is 12.1. The SMILES string of the molecule is CC(C)[C@H](CNC(=O)CCCNC(=O)c1ccco1)c1ccccc1. The van der Waals surface area contributed by atoms with Crippen molar-refractivity contribution in [1.29, 1.82) is 0 Å². The lowest BCUT2D eigenvalue weighted by molar-refractivity contribution is -0.121. The number of rotatable bonds is 9. The quantitative estimate of drug-likeness (QED) is 0.687. The lowest BCUT2D eigenvalue weighted by atomic mass is 9.88. The molecule has 5 heteroatoms. The number of hydrogen-bond acceptors (Lipinski definition) is 3. The van der Waals surface area contributed by atoms with E-state index >= 15 is 0 Å². The topological polar surface area (TPSA) is 71.3 Å². The smallest absolute Gasteiger partial charge is 0.286 e. The summed E-state index contributed by atoms with van der Waals surface area (Å²) in [4.78, 5) is 23.7. The van der Waals surface area contributed by atoms with Crippen LogP contribution in [0.2, 0.25) is 0 Å². The predicted octanol–water partition coefficient (Wildman–Crippen LogP) is 3.35. The zero-order valence-electron chi connectivity index (χ0n) is 14.8. The van der Waals surface area contributed by atoms with Gasteiger partial charge in [0.25, 0.3) is 5.91 Å². The number of furan rings is 1. The number of nitrogens with one attached hydrogen (secondary N) is 2. The summed E-state index contributed by atoms with van der Waals surface area (Å²) in [6, 6.07) is 13.5. The van der Waals surface area contributed by atoms with Crippen LogP contribution < -0.4 is 10.6 Å². The third-order valence-electron chi connectivity index (χ3n) is 4.16. The van der Waals surface area contributed by atoms with Crippen LogP contribution in [-0.4, -0.2) is 24.9 Å². The van der Waals surface area contributed by atoms with Crippen molar-refractivity contribution >= 4 is 11.8 Å². The van der Waals surface area contributed by atoms with E-state index in [4.69, 9.17) is 4.42 Å². The van der Waals surface area contributed by atoms with Crippen molar-refractivity contribution in [2.24, 2.45) is 5.92 Å². The molecule has 25 heavy (non-hydrogen) atoms. The zero-order chi connectivity index (χ0) is 18.1. The lowest BCUT2D eigenvalue weighted by Gasteiger charge is -2.22. The summed E-state index contributed by atoms with van der Waals surface area (Å²) in [7, 11) is 0. The Morgan fingerprint density at radius 3 is 2.44 bits per heavy atom. The molecule has 2 amide bonds. The van der Waals surface area contributed by atoms with Gasteiger partial charge in [0.2, 0.25) is 5.91 Å². The predicted molar refractivity (Wildman–Crippen MR) is 97.3 cm³/mol. The highest BCUT2D eigenvalue weighted by Gasteiger charge is 2.16. The highest BCUT2D eigenvalue weighted by Crippen LogP contribution is 2.23. The van der Waals surface area contributed by atoms with E-state index in [9.17, 15) is 9.59 Å². The summed E-state index contributed by atoms with van der Waals surface area (Å²) in [6.45, 7) is 5.39. The third-order valence-corrected chi connectivity index (χ3v) is 4.16. The molecule has 0 fully saturated rings. The fraction of sp³-hybridized carbons (Fsp3) is 0.400. The van der Waals surface area contributed by atoms with Crippen LogP contribution in [0.15, 0.2) is 53.1 Å². The van der Waals surface area contributed by atoms with Crippen molar-refractivity contribution < 1.29 is 14.0 Å². The van der Waals surface area contributed by atoms with Crippen molar-refractivity contribution in [2.45, 2.75) is 32.6 Å². The van der Waals surface area contributed by atoms with E-state index in [1.54, 1.807) is 12.1 Å². The van der Waals surface area contributed by atoms with E-state index in [1.165, 1.54) is 11.8 Å². The summed E-state index contributed by atoms with van der Waals surface area (Å²) in [5.74, 6) is 0.773. The minimum absolute atomic E-state index is 0.00817. The van der Waals surface area contributed by atoms with Gasteiger partial charge in [0, 0.05) is 25.4 Å². The van der Waals surface area contributed by atoms with Crippen LogP contribution in [0, 0.1) is 5.92 Å². The maximum absolute atomic E-state index is 12.0. The van der Waals surface area contributed by atoms with Crippen LogP contribution in [0.3, 0.4) is 0 Å². The Morgan fingerprint density at radius 1 is 1.04 bits per heavy atom. The van der Waals surface area contributed by atoms with Gasteiger partial charge in [-0.05, 0) is 30.0 Å². The molecule has 2 rings (SSSR count). The van der Waals surface area contributed by atoms with E-state index in [0.717, 1.165) is 0 Å². The Kier molecular flexibility index (Phi) is 7.26. The molecule has 134 valence electrons. The fourth-order valence-corrected chi connectivity index (χ4v) is 2.70. The Balaban J connectivity index is 1.68. The van der Waals surface area contributed by atoms with Gasteiger partial charge in [-0.25, -0.2) is 0 Å². The van der Waals surface area contributed by atoms with E-state index in [-0.39, 0.29) is 17.6 Å². The maximum atomic E-state index is 12.0. The minimum atomic E-state index is -0.255. The molecule has 2 aromatic rings. The molecule has 0 spiro atoms. The average Bonchev–Trinajstić information content (AvgIpc) is 3.14. The van der Waals surface area contributed by atoms with Gasteiger partial charge in [-0.2, -0.15) is 0 Å². The van der Waals surface area contributed by atoms with Gasteiger partial charge >= 0.3 is 0 Å². The minimum Gasteiger partial charge on any atom is -0.459 e. The average molecular weight is 342 g/mol. The molecule has 0 aliphatic heterocycles. The standard InChI is InChI=1S/C20H26N2O3/c1-15(2)17(16-8-4-3-5-9-16)14-22-19(23)11-6-12-21-20(24)18-10-7-13-25-18/h3-5,7-10,13,15,17H,6,11-12,14H2,1-2H3,(H,21,24)(H,22,23)/t17-/m0/s1. The van der Waals surface area contributed by atoms with Gasteiger partial charge in [-0.1, -0.05) is 44.2 Å². The Bertz CT molecular complexity index is 651. The molecule has 1 atom stereocenters. The Morgan fingerprint density at radius 2 is 1.80 bits per heavy atom. The first-order valence-corrected chi connectivity index (χ1v) is 8.71. The van der Waals surface area contributed by atoms with Crippen molar-refractivity contribution in [2.75, 3.05) is 13.1 Å². The molecule has 5 nitrogen and oxygen atoms in total. The molecule has 2 N–H and O–H groups in total. The largest absolute Gasteiger partial charge is 0.459 e. The summed E-state index contributed by atoms with van der Waals surface area (Å²) in [5.41, 5.74) is 1.24. The number of amides is 2. The van der Waals surface area contributed by atoms with Crippen molar-refractivity contribution in [3.63, 3.8) is 0 Å². The van der Waals surface area contributed by atoms with Gasteiger partial charge in [-0.15, -0.1) is 0 Å². The number of carbonyl (C=O) groups excluding carboxylic acids is 2. The molecule has 0 bridgehead atoms. The summed E-state index contributed by atoms with van der Waals surface area (Å²) < 4.78 is 5.01. The molecule has 0 aliphatic carbocycles. The first kappa shape index (κ1) is 18.8. The van der Waals surface area contributed by atoms with Gasteiger partial charge in [0.1, 0.15) is 0 Å². The zero-order valence-corrected chi connectivity index (χ0v) is 14.8. The highest BCUT2D eigenvalue weighted by molar-refractivity contribution is 5.91. The third kappa shape index (κ3) is 6.10. The number of carbonyl (C=O) groups is 2. The second-order valence-electron chi connectivity index (χ2n) is 6.40. The van der Waals surface area contributed by atoms with Gasteiger partial charge < -0.3 is 15.1 Å². The summed E-state index contributed by atoms with van der Waals surface area (Å²) in [6.07, 6.45) is 2.44. The van der Waals surface area contributed by atoms with Crippen LogP contribution in [0.4, 0.5) is 0 Å². The molecule has 0 radical (unpaired) electrons. The van der Waals surface area contributed by atoms with Gasteiger partial charge in [0.15, 0.2) is 5.76 Å². The van der Waals surface area contributed by atoms with Crippen LogP contribution >= 0.6 is 0 Å². The Hall–Kier alpha value is -2.56. The molecule has 0 aliphatic rings. The molecular formula is C20H26N2O3.